The van der Waals surface area contributed by atoms with E-state index in [1.165, 1.54) is 23.0 Å². The molecule has 2 heterocycles. The molecular formula is C13H19F3N2. The summed E-state index contributed by atoms with van der Waals surface area (Å²) in [4.78, 5) is 0. The molecule has 0 bridgehead atoms. The van der Waals surface area contributed by atoms with Crippen molar-refractivity contribution >= 4 is 5.52 Å². The summed E-state index contributed by atoms with van der Waals surface area (Å²) >= 11 is 0. The molecule has 2 nitrogen and oxygen atoms in total. The second-order valence-electron chi connectivity index (χ2n) is 3.04. The summed E-state index contributed by atoms with van der Waals surface area (Å²) < 4.78 is 38.8. The molecular weight excluding hydrogens is 241 g/mol. The van der Waals surface area contributed by atoms with Crippen molar-refractivity contribution in [3.63, 3.8) is 0 Å². The highest BCUT2D eigenvalue weighted by atomic mass is 19.4. The van der Waals surface area contributed by atoms with Gasteiger partial charge in [-0.15, -0.1) is 0 Å². The molecule has 0 atom stereocenters. The third-order valence-electron chi connectivity index (χ3n) is 2.03. The number of fused-ring (bicyclic) bond motifs is 1. The van der Waals surface area contributed by atoms with Crippen molar-refractivity contribution in [1.29, 1.82) is 0 Å². The van der Waals surface area contributed by atoms with Crippen LogP contribution in [0, 0.1) is 6.92 Å². The number of alkyl halides is 3. The topological polar surface area (TPSA) is 17.3 Å². The monoisotopic (exact) mass is 260 g/mol. The molecule has 0 aromatic carbocycles. The summed E-state index contributed by atoms with van der Waals surface area (Å²) in [6.45, 7) is 9.61. The van der Waals surface area contributed by atoms with E-state index in [9.17, 15) is 13.2 Å². The number of aryl methyl sites for hydroxylation is 1. The summed E-state index contributed by atoms with van der Waals surface area (Å²) in [5.41, 5.74) is 0.00734. The van der Waals surface area contributed by atoms with Crippen molar-refractivity contribution in [3.05, 3.63) is 35.7 Å². The number of hydrogen-bond donors (Lipinski definition) is 0. The Morgan fingerprint density at radius 2 is 1.67 bits per heavy atom. The van der Waals surface area contributed by atoms with Gasteiger partial charge in [0.15, 0.2) is 0 Å². The number of pyridine rings is 1. The standard InChI is InChI=1S/C9H7F3N2.2C2H6/c1-6-5-13-14-4-2-3-7(8(6)14)9(10,11)12;2*1-2/h2-5H,1H3;2*1-2H3. The molecule has 0 N–H and O–H groups in total. The highest BCUT2D eigenvalue weighted by molar-refractivity contribution is 5.60. The van der Waals surface area contributed by atoms with Gasteiger partial charge in [-0.05, 0) is 24.6 Å². The number of aromatic nitrogens is 2. The largest absolute Gasteiger partial charge is 0.418 e. The minimum absolute atomic E-state index is 0.125. The molecule has 2 aromatic heterocycles. The van der Waals surface area contributed by atoms with Crippen LogP contribution in [0.4, 0.5) is 13.2 Å². The third kappa shape index (κ3) is 3.48. The second kappa shape index (κ2) is 7.03. The van der Waals surface area contributed by atoms with Gasteiger partial charge >= 0.3 is 6.18 Å². The smallest absolute Gasteiger partial charge is 0.240 e. The predicted molar refractivity (Wildman–Crippen MR) is 67.6 cm³/mol. The molecule has 5 heteroatoms. The highest BCUT2D eigenvalue weighted by Crippen LogP contribution is 2.33. The first-order valence-corrected chi connectivity index (χ1v) is 6.00. The number of nitrogens with zero attached hydrogens (tertiary/aromatic N) is 2. The van der Waals surface area contributed by atoms with Crippen molar-refractivity contribution < 1.29 is 13.2 Å². The maximum Gasteiger partial charge on any atom is 0.418 e. The van der Waals surface area contributed by atoms with Crippen LogP contribution < -0.4 is 0 Å². The van der Waals surface area contributed by atoms with Crippen molar-refractivity contribution in [2.75, 3.05) is 0 Å². The minimum atomic E-state index is -4.33. The lowest BCUT2D eigenvalue weighted by molar-refractivity contribution is -0.136. The average molecular weight is 260 g/mol. The van der Waals surface area contributed by atoms with Gasteiger partial charge in [-0.3, -0.25) is 0 Å². The Labute approximate surface area is 105 Å². The molecule has 0 fully saturated rings. The molecule has 2 rings (SSSR count). The first-order valence-electron chi connectivity index (χ1n) is 6.00. The van der Waals surface area contributed by atoms with Crippen LogP contribution in [-0.2, 0) is 6.18 Å². The van der Waals surface area contributed by atoms with Crippen LogP contribution >= 0.6 is 0 Å². The van der Waals surface area contributed by atoms with Gasteiger partial charge in [-0.2, -0.15) is 18.3 Å². The summed E-state index contributed by atoms with van der Waals surface area (Å²) in [7, 11) is 0. The first-order chi connectivity index (χ1) is 8.50. The third-order valence-corrected chi connectivity index (χ3v) is 2.03. The van der Waals surface area contributed by atoms with Gasteiger partial charge < -0.3 is 0 Å². The van der Waals surface area contributed by atoms with Crippen LogP contribution in [-0.4, -0.2) is 9.61 Å². The number of halogens is 3. The summed E-state index contributed by atoms with van der Waals surface area (Å²) in [6, 6.07) is 2.40. The van der Waals surface area contributed by atoms with Crippen LogP contribution in [0.3, 0.4) is 0 Å². The Hall–Kier alpha value is -1.52. The molecule has 0 spiro atoms. The van der Waals surface area contributed by atoms with Gasteiger partial charge in [0.2, 0.25) is 0 Å². The zero-order valence-corrected chi connectivity index (χ0v) is 11.3. The van der Waals surface area contributed by atoms with E-state index >= 15 is 0 Å². The number of hydrogen-bond acceptors (Lipinski definition) is 1. The second-order valence-corrected chi connectivity index (χ2v) is 3.04. The van der Waals surface area contributed by atoms with Gasteiger partial charge in [0.25, 0.3) is 0 Å². The summed E-state index contributed by atoms with van der Waals surface area (Å²) in [6.07, 6.45) is -1.41. The van der Waals surface area contributed by atoms with E-state index in [4.69, 9.17) is 0 Å². The van der Waals surface area contributed by atoms with Crippen LogP contribution in [0.25, 0.3) is 5.52 Å². The summed E-state index contributed by atoms with van der Waals surface area (Å²) in [5.74, 6) is 0. The predicted octanol–water partition coefficient (Wildman–Crippen LogP) is 4.71. The quantitative estimate of drug-likeness (QED) is 0.670. The van der Waals surface area contributed by atoms with E-state index in [2.05, 4.69) is 5.10 Å². The van der Waals surface area contributed by atoms with Crippen LogP contribution in [0.15, 0.2) is 24.5 Å². The molecule has 0 saturated carbocycles. The Balaban J connectivity index is 0.000000659. The molecule has 0 saturated heterocycles. The number of rotatable bonds is 0. The Bertz CT molecular complexity index is 473. The molecule has 2 aromatic rings. The molecule has 0 radical (unpaired) electrons. The lowest BCUT2D eigenvalue weighted by atomic mass is 10.2. The fourth-order valence-corrected chi connectivity index (χ4v) is 1.43. The SMILES string of the molecule is CC.CC.Cc1cnn2cccc(C(F)(F)F)c12. The molecule has 102 valence electrons. The van der Waals surface area contributed by atoms with E-state index in [-0.39, 0.29) is 5.52 Å². The summed E-state index contributed by atoms with van der Waals surface area (Å²) in [5, 5.41) is 3.81. The van der Waals surface area contributed by atoms with Crippen molar-refractivity contribution in [2.45, 2.75) is 40.8 Å². The fraction of sp³-hybridized carbons (Fsp3) is 0.462. The zero-order chi connectivity index (χ0) is 14.3. The van der Waals surface area contributed by atoms with Gasteiger partial charge in [-0.25, -0.2) is 4.52 Å². The molecule has 0 amide bonds. The van der Waals surface area contributed by atoms with Gasteiger partial charge in [0, 0.05) is 6.20 Å². The Kier molecular flexibility index (Phi) is 6.44. The molecule has 18 heavy (non-hydrogen) atoms. The van der Waals surface area contributed by atoms with Crippen LogP contribution in [0.2, 0.25) is 0 Å². The Morgan fingerprint density at radius 3 is 2.17 bits per heavy atom. The maximum absolute atomic E-state index is 12.5. The molecule has 0 aliphatic carbocycles. The van der Waals surface area contributed by atoms with E-state index in [0.717, 1.165) is 6.07 Å². The highest BCUT2D eigenvalue weighted by Gasteiger charge is 2.33. The maximum atomic E-state index is 12.5. The molecule has 0 aliphatic heterocycles. The van der Waals surface area contributed by atoms with Crippen LogP contribution in [0.1, 0.15) is 38.8 Å². The van der Waals surface area contributed by atoms with E-state index in [0.29, 0.717) is 5.56 Å². The first kappa shape index (κ1) is 16.5. The lowest BCUT2D eigenvalue weighted by Gasteiger charge is -2.08. The van der Waals surface area contributed by atoms with E-state index < -0.39 is 11.7 Å². The average Bonchev–Trinajstić information content (AvgIpc) is 2.75. The molecule has 0 aliphatic rings. The van der Waals surface area contributed by atoms with Gasteiger partial charge in [0.05, 0.1) is 17.3 Å². The van der Waals surface area contributed by atoms with Crippen molar-refractivity contribution in [2.24, 2.45) is 0 Å². The zero-order valence-electron chi connectivity index (χ0n) is 11.3. The van der Waals surface area contributed by atoms with Gasteiger partial charge in [-0.1, -0.05) is 27.7 Å². The normalized spacial score (nSPS) is 10.2. The minimum Gasteiger partial charge on any atom is -0.240 e. The van der Waals surface area contributed by atoms with E-state index in [1.54, 1.807) is 6.92 Å². The van der Waals surface area contributed by atoms with Crippen molar-refractivity contribution in [1.82, 2.24) is 9.61 Å². The van der Waals surface area contributed by atoms with Crippen molar-refractivity contribution in [3.8, 4) is 0 Å². The van der Waals surface area contributed by atoms with E-state index in [1.807, 2.05) is 27.7 Å². The Morgan fingerprint density at radius 1 is 1.11 bits per heavy atom. The fourth-order valence-electron chi connectivity index (χ4n) is 1.43. The van der Waals surface area contributed by atoms with Gasteiger partial charge in [0.1, 0.15) is 0 Å². The molecule has 0 unspecified atom stereocenters. The van der Waals surface area contributed by atoms with Crippen LogP contribution in [0.5, 0.6) is 0 Å². The lowest BCUT2D eigenvalue weighted by Crippen LogP contribution is -2.07.